The molecule has 0 aliphatic carbocycles. The largest absolute Gasteiger partial charge is 0.331 e. The third-order valence-corrected chi connectivity index (χ3v) is 2.10. The lowest BCUT2D eigenvalue weighted by molar-refractivity contribution is 1.01. The Kier molecular flexibility index (Phi) is 2.75. The van der Waals surface area contributed by atoms with Crippen LogP contribution in [0.2, 0.25) is 0 Å². The van der Waals surface area contributed by atoms with E-state index in [1.807, 2.05) is 24.3 Å². The number of para-hydroxylation sites is 1. The van der Waals surface area contributed by atoms with Gasteiger partial charge >= 0.3 is 0 Å². The van der Waals surface area contributed by atoms with Crippen molar-refractivity contribution in [3.63, 3.8) is 0 Å². The lowest BCUT2D eigenvalue weighted by atomic mass is 9.02. The predicted molar refractivity (Wildman–Crippen MR) is 63.9 cm³/mol. The molecule has 0 saturated carbocycles. The monoisotopic (exact) mass is 172 g/mol. The van der Waals surface area contributed by atoms with E-state index in [1.165, 1.54) is 7.06 Å². The molecule has 1 heterocycles. The molecule has 0 spiro atoms. The molecule has 0 saturated heterocycles. The van der Waals surface area contributed by atoms with Crippen LogP contribution >= 0.6 is 0 Å². The second-order valence-corrected chi connectivity index (χ2v) is 3.02. The van der Waals surface area contributed by atoms with Crippen molar-refractivity contribution in [2.75, 3.05) is 0 Å². The van der Waals surface area contributed by atoms with Crippen LogP contribution in [-0.4, -0.2) is 45.9 Å². The van der Waals surface area contributed by atoms with Crippen LogP contribution in [0, 0.1) is 0 Å². The molecular formula is C7H5B5N2. The zero-order valence-corrected chi connectivity index (χ0v) is 7.67. The molecule has 1 aromatic carbocycles. The first kappa shape index (κ1) is 9.57. The summed E-state index contributed by atoms with van der Waals surface area (Å²) >= 11 is 0. The molecule has 0 unspecified atom stereocenters. The van der Waals surface area contributed by atoms with E-state index in [0.29, 0.717) is 0 Å². The van der Waals surface area contributed by atoms with Gasteiger partial charge in [0, 0.05) is 35.0 Å². The molecule has 0 aliphatic rings. The standard InChI is InChI=1S/C7H5B5N2/c8-10-11-12(9)14-7-4-2-1-3-6(7)5-13-14/h1-5H. The Balaban J connectivity index is 2.42. The van der Waals surface area contributed by atoms with Gasteiger partial charge in [0.05, 0.1) is 11.7 Å². The number of rotatable bonds is 3. The summed E-state index contributed by atoms with van der Waals surface area (Å²) in [6.45, 7) is -0.306. The molecule has 1 aromatic heterocycles. The molecule has 6 radical (unpaired) electrons. The highest BCUT2D eigenvalue weighted by Gasteiger charge is 2.11. The van der Waals surface area contributed by atoms with Crippen molar-refractivity contribution in [2.24, 2.45) is 0 Å². The van der Waals surface area contributed by atoms with Crippen molar-refractivity contribution in [1.82, 2.24) is 9.69 Å². The van der Waals surface area contributed by atoms with Crippen molar-refractivity contribution in [3.05, 3.63) is 30.5 Å². The number of nitrogens with zero attached hydrogens (tertiary/aromatic N) is 2. The van der Waals surface area contributed by atoms with Crippen LogP contribution in [0.5, 0.6) is 0 Å². The van der Waals surface area contributed by atoms with Gasteiger partial charge < -0.3 is 4.59 Å². The van der Waals surface area contributed by atoms with Crippen molar-refractivity contribution < 1.29 is 0 Å². The summed E-state index contributed by atoms with van der Waals surface area (Å²) in [6, 6.07) is 7.91. The highest BCUT2D eigenvalue weighted by atomic mass is 15.2. The van der Waals surface area contributed by atoms with Gasteiger partial charge in [-0.1, -0.05) is 18.2 Å². The van der Waals surface area contributed by atoms with Crippen LogP contribution in [0.25, 0.3) is 10.9 Å². The predicted octanol–water partition coefficient (Wildman–Crippen LogP) is -0.555. The van der Waals surface area contributed by atoms with E-state index in [-0.39, 0.29) is 6.63 Å². The van der Waals surface area contributed by atoms with E-state index in [9.17, 15) is 0 Å². The van der Waals surface area contributed by atoms with E-state index in [2.05, 4.69) is 5.10 Å². The number of aromatic nitrogens is 2. The molecule has 0 fully saturated rings. The van der Waals surface area contributed by atoms with Crippen LogP contribution in [0.15, 0.2) is 30.5 Å². The van der Waals surface area contributed by atoms with E-state index in [4.69, 9.17) is 15.5 Å². The Morgan fingerprint density at radius 2 is 2.14 bits per heavy atom. The number of benzene rings is 1. The Morgan fingerprint density at radius 3 is 2.93 bits per heavy atom. The molecule has 0 N–H and O–H groups in total. The summed E-state index contributed by atoms with van der Waals surface area (Å²) in [5, 5.41) is 5.28. The first-order valence-electron chi connectivity index (χ1n) is 4.39. The van der Waals surface area contributed by atoms with Crippen LogP contribution in [0.3, 0.4) is 0 Å². The van der Waals surface area contributed by atoms with Crippen molar-refractivity contribution in [1.29, 1.82) is 0 Å². The fraction of sp³-hybridized carbons (Fsp3) is 0. The minimum absolute atomic E-state index is 0.306. The molecule has 0 amide bonds. The molecule has 7 heteroatoms. The first-order chi connectivity index (χ1) is 6.83. The van der Waals surface area contributed by atoms with E-state index >= 15 is 0 Å². The third-order valence-electron chi connectivity index (χ3n) is 2.10. The Bertz CT molecular complexity index is 429. The highest BCUT2D eigenvalue weighted by Crippen LogP contribution is 2.11. The van der Waals surface area contributed by atoms with Gasteiger partial charge in [0.25, 0.3) is 0 Å². The van der Waals surface area contributed by atoms with Crippen molar-refractivity contribution in [2.45, 2.75) is 0 Å². The lowest BCUT2D eigenvalue weighted by Crippen LogP contribution is -2.37. The smallest absolute Gasteiger partial charge is 0.181 e. The molecule has 2 aromatic rings. The van der Waals surface area contributed by atoms with Gasteiger partial charge in [-0.3, -0.25) is 0 Å². The minimum Gasteiger partial charge on any atom is -0.331 e. The number of hydrogen-bond acceptors (Lipinski definition) is 1. The minimum atomic E-state index is -0.306. The summed E-state index contributed by atoms with van der Waals surface area (Å²) in [6.07, 6.45) is 1.79. The number of fused-ring (bicyclic) bond motifs is 1. The van der Waals surface area contributed by atoms with E-state index in [0.717, 1.165) is 10.9 Å². The topological polar surface area (TPSA) is 17.8 Å². The van der Waals surface area contributed by atoms with Crippen LogP contribution < -0.4 is 0 Å². The van der Waals surface area contributed by atoms with Crippen LogP contribution in [0.1, 0.15) is 0 Å². The molecule has 0 bridgehead atoms. The van der Waals surface area contributed by atoms with Crippen LogP contribution in [-0.2, 0) is 0 Å². The Labute approximate surface area is 87.8 Å². The summed E-state index contributed by atoms with van der Waals surface area (Å²) < 4.78 is 1.73. The molecule has 0 aliphatic heterocycles. The first-order valence-corrected chi connectivity index (χ1v) is 4.39. The van der Waals surface area contributed by atoms with E-state index < -0.39 is 0 Å². The fourth-order valence-electron chi connectivity index (χ4n) is 1.42. The second kappa shape index (κ2) is 4.03. The van der Waals surface area contributed by atoms with Gasteiger partial charge in [-0.2, -0.15) is 5.10 Å². The molecule has 58 valence electrons. The Morgan fingerprint density at radius 1 is 1.36 bits per heavy atom. The maximum atomic E-state index is 5.85. The highest BCUT2D eigenvalue weighted by molar-refractivity contribution is 7.54. The van der Waals surface area contributed by atoms with Crippen molar-refractivity contribution >= 4 is 47.1 Å². The maximum absolute atomic E-state index is 5.85. The SMILES string of the molecule is [B][B][B]B([B])n1ncc2ccccc21. The average molecular weight is 171 g/mol. The molecule has 2 rings (SSSR count). The van der Waals surface area contributed by atoms with Gasteiger partial charge in [-0.25, -0.2) is 0 Å². The average Bonchev–Trinajstić information content (AvgIpc) is 2.61. The fourth-order valence-corrected chi connectivity index (χ4v) is 1.42. The summed E-state index contributed by atoms with van der Waals surface area (Å²) in [7, 11) is 14.3. The summed E-state index contributed by atoms with van der Waals surface area (Å²) in [5.74, 6) is 0. The summed E-state index contributed by atoms with van der Waals surface area (Å²) in [4.78, 5) is 0. The van der Waals surface area contributed by atoms with Gasteiger partial charge in [0.2, 0.25) is 0 Å². The van der Waals surface area contributed by atoms with Gasteiger partial charge in [-0.05, 0) is 6.07 Å². The molecular weight excluding hydrogens is 166 g/mol. The van der Waals surface area contributed by atoms with Gasteiger partial charge in [0.15, 0.2) is 6.63 Å². The number of hydrogen-bond donors (Lipinski definition) is 0. The lowest BCUT2D eigenvalue weighted by Gasteiger charge is -2.08. The zero-order valence-electron chi connectivity index (χ0n) is 7.67. The molecule has 14 heavy (non-hydrogen) atoms. The van der Waals surface area contributed by atoms with Gasteiger partial charge in [-0.15, -0.1) is 0 Å². The molecule has 0 atom stereocenters. The summed E-state index contributed by atoms with van der Waals surface area (Å²) in [5.41, 5.74) is 1.01. The van der Waals surface area contributed by atoms with Crippen LogP contribution in [0.4, 0.5) is 0 Å². The van der Waals surface area contributed by atoms with E-state index in [1.54, 1.807) is 17.9 Å². The van der Waals surface area contributed by atoms with Crippen molar-refractivity contribution in [3.8, 4) is 0 Å². The third kappa shape index (κ3) is 1.63. The second-order valence-electron chi connectivity index (χ2n) is 3.02. The zero-order chi connectivity index (χ0) is 9.97. The quantitative estimate of drug-likeness (QED) is 0.566. The Hall–Kier alpha value is -0.985. The maximum Gasteiger partial charge on any atom is 0.181 e. The molecule has 2 nitrogen and oxygen atoms in total. The van der Waals surface area contributed by atoms with Gasteiger partial charge in [0.1, 0.15) is 0 Å². The normalized spacial score (nSPS) is 10.0.